The van der Waals surface area contributed by atoms with Gasteiger partial charge in [-0.3, -0.25) is 9.59 Å². The van der Waals surface area contributed by atoms with Crippen LogP contribution in [-0.2, 0) is 20.9 Å². The van der Waals surface area contributed by atoms with Gasteiger partial charge in [0.05, 0.1) is 6.42 Å². The number of ether oxygens (including phenoxy) is 1. The highest BCUT2D eigenvalue weighted by Crippen LogP contribution is 2.03. The third-order valence-corrected chi connectivity index (χ3v) is 2.61. The van der Waals surface area contributed by atoms with Crippen molar-refractivity contribution in [3.63, 3.8) is 0 Å². The zero-order chi connectivity index (χ0) is 14.3. The molecule has 0 N–H and O–H groups in total. The number of nitrogens with zero attached hydrogens (tertiary/aromatic N) is 1. The first-order chi connectivity index (χ1) is 9.00. The summed E-state index contributed by atoms with van der Waals surface area (Å²) >= 11 is 0. The summed E-state index contributed by atoms with van der Waals surface area (Å²) in [6.07, 6.45) is 0.183. The number of likely N-dealkylation sites (N-methyl/N-ethyl adjacent to an activating group) is 1. The maximum Gasteiger partial charge on any atom is 0.307 e. The number of hydrogen-bond acceptors (Lipinski definition) is 3. The molecule has 4 nitrogen and oxygen atoms in total. The molecule has 1 aromatic carbocycles. The normalized spacial score (nSPS) is 9.79. The Morgan fingerprint density at radius 3 is 2.47 bits per heavy atom. The second-order valence-corrected chi connectivity index (χ2v) is 4.40. The topological polar surface area (TPSA) is 46.6 Å². The van der Waals surface area contributed by atoms with E-state index in [9.17, 15) is 9.59 Å². The monoisotopic (exact) mass is 261 g/mol. The molecular formula is C15H19NO3. The fourth-order valence-electron chi connectivity index (χ4n) is 1.50. The molecule has 19 heavy (non-hydrogen) atoms. The molecule has 0 fully saturated rings. The fraction of sp³-hybridized carbons (Fsp3) is 0.333. The first kappa shape index (κ1) is 15.0. The number of carbonyl (C=O) groups is 2. The standard InChI is InChI=1S/C15H19NO3/c1-12(2)15(18)16(3)10-9-14(17)19-11-13-7-5-4-6-8-13/h4-8H,1,9-11H2,2-3H3. The number of esters is 1. The van der Waals surface area contributed by atoms with Gasteiger partial charge in [0, 0.05) is 19.2 Å². The van der Waals surface area contributed by atoms with Crippen LogP contribution in [0.5, 0.6) is 0 Å². The van der Waals surface area contributed by atoms with Crippen molar-refractivity contribution in [1.82, 2.24) is 4.90 Å². The van der Waals surface area contributed by atoms with Crippen LogP contribution in [0.15, 0.2) is 42.5 Å². The van der Waals surface area contributed by atoms with Gasteiger partial charge in [-0.25, -0.2) is 0 Å². The SMILES string of the molecule is C=C(C)C(=O)N(C)CCC(=O)OCc1ccccc1. The molecule has 0 radical (unpaired) electrons. The Bertz CT molecular complexity index is 454. The Labute approximate surface area is 113 Å². The maximum atomic E-state index is 11.5. The molecule has 0 aliphatic heterocycles. The van der Waals surface area contributed by atoms with Gasteiger partial charge in [0.15, 0.2) is 0 Å². The van der Waals surface area contributed by atoms with Crippen molar-refractivity contribution in [3.05, 3.63) is 48.0 Å². The van der Waals surface area contributed by atoms with Crippen molar-refractivity contribution < 1.29 is 14.3 Å². The van der Waals surface area contributed by atoms with Crippen molar-refractivity contribution in [3.8, 4) is 0 Å². The first-order valence-corrected chi connectivity index (χ1v) is 6.11. The minimum absolute atomic E-state index is 0.157. The molecule has 0 aromatic heterocycles. The zero-order valence-electron chi connectivity index (χ0n) is 11.4. The molecule has 1 amide bonds. The third kappa shape index (κ3) is 5.38. The largest absolute Gasteiger partial charge is 0.461 e. The number of rotatable bonds is 6. The molecule has 0 heterocycles. The summed E-state index contributed by atoms with van der Waals surface area (Å²) < 4.78 is 5.12. The van der Waals surface area contributed by atoms with Gasteiger partial charge >= 0.3 is 5.97 Å². The molecule has 4 heteroatoms. The summed E-state index contributed by atoms with van der Waals surface area (Å²) in [4.78, 5) is 24.5. The van der Waals surface area contributed by atoms with Gasteiger partial charge in [-0.05, 0) is 12.5 Å². The molecule has 0 saturated carbocycles. The number of amides is 1. The van der Waals surface area contributed by atoms with E-state index in [1.165, 1.54) is 4.90 Å². The number of carbonyl (C=O) groups excluding carboxylic acids is 2. The third-order valence-electron chi connectivity index (χ3n) is 2.61. The lowest BCUT2D eigenvalue weighted by Crippen LogP contribution is -2.29. The number of hydrogen-bond donors (Lipinski definition) is 0. The number of benzene rings is 1. The van der Waals surface area contributed by atoms with E-state index in [-0.39, 0.29) is 24.9 Å². The van der Waals surface area contributed by atoms with Crippen molar-refractivity contribution in [2.45, 2.75) is 20.0 Å². The van der Waals surface area contributed by atoms with Crippen molar-refractivity contribution in [2.24, 2.45) is 0 Å². The van der Waals surface area contributed by atoms with Gasteiger partial charge < -0.3 is 9.64 Å². The van der Waals surface area contributed by atoms with E-state index >= 15 is 0 Å². The van der Waals surface area contributed by atoms with Gasteiger partial charge in [-0.1, -0.05) is 36.9 Å². The van der Waals surface area contributed by atoms with Crippen LogP contribution in [0.1, 0.15) is 18.9 Å². The molecule has 0 bridgehead atoms. The lowest BCUT2D eigenvalue weighted by atomic mass is 10.2. The summed E-state index contributed by atoms with van der Waals surface area (Å²) in [6, 6.07) is 9.47. The maximum absolute atomic E-state index is 11.5. The highest BCUT2D eigenvalue weighted by molar-refractivity contribution is 5.92. The molecule has 1 rings (SSSR count). The fourth-order valence-corrected chi connectivity index (χ4v) is 1.50. The van der Waals surface area contributed by atoms with Crippen LogP contribution in [0.3, 0.4) is 0 Å². The van der Waals surface area contributed by atoms with E-state index in [4.69, 9.17) is 4.74 Å². The van der Waals surface area contributed by atoms with Gasteiger partial charge in [0.1, 0.15) is 6.61 Å². The Morgan fingerprint density at radius 2 is 1.89 bits per heavy atom. The van der Waals surface area contributed by atoms with Crippen molar-refractivity contribution in [1.29, 1.82) is 0 Å². The van der Waals surface area contributed by atoms with Crippen LogP contribution in [-0.4, -0.2) is 30.4 Å². The molecule has 1 aromatic rings. The molecule has 0 atom stereocenters. The average Bonchev–Trinajstić information content (AvgIpc) is 2.42. The highest BCUT2D eigenvalue weighted by Gasteiger charge is 2.11. The molecule has 0 unspecified atom stereocenters. The quantitative estimate of drug-likeness (QED) is 0.582. The van der Waals surface area contributed by atoms with Crippen molar-refractivity contribution in [2.75, 3.05) is 13.6 Å². The first-order valence-electron chi connectivity index (χ1n) is 6.11. The minimum atomic E-state index is -0.315. The Balaban J connectivity index is 2.29. The van der Waals surface area contributed by atoms with Gasteiger partial charge in [0.2, 0.25) is 5.91 Å². The van der Waals surface area contributed by atoms with E-state index in [0.29, 0.717) is 12.1 Å². The van der Waals surface area contributed by atoms with E-state index in [1.54, 1.807) is 14.0 Å². The summed E-state index contributed by atoms with van der Waals surface area (Å²) in [6.45, 7) is 5.81. The average molecular weight is 261 g/mol. The lowest BCUT2D eigenvalue weighted by Gasteiger charge is -2.16. The molecule has 0 aliphatic rings. The highest BCUT2D eigenvalue weighted by atomic mass is 16.5. The van der Waals surface area contributed by atoms with Gasteiger partial charge in [-0.15, -0.1) is 0 Å². The van der Waals surface area contributed by atoms with Crippen LogP contribution < -0.4 is 0 Å². The second kappa shape index (κ2) is 7.36. The van der Waals surface area contributed by atoms with Crippen LogP contribution in [0.2, 0.25) is 0 Å². The smallest absolute Gasteiger partial charge is 0.307 e. The summed E-state index contributed by atoms with van der Waals surface area (Å²) in [5, 5.41) is 0. The Morgan fingerprint density at radius 1 is 1.26 bits per heavy atom. The van der Waals surface area contributed by atoms with Gasteiger partial charge in [0.25, 0.3) is 0 Å². The van der Waals surface area contributed by atoms with Crippen LogP contribution >= 0.6 is 0 Å². The summed E-state index contributed by atoms with van der Waals surface area (Å²) in [5.74, 6) is -0.471. The predicted molar refractivity (Wildman–Crippen MR) is 73.3 cm³/mol. The minimum Gasteiger partial charge on any atom is -0.461 e. The Kier molecular flexibility index (Phi) is 5.79. The van der Waals surface area contributed by atoms with E-state index in [2.05, 4.69) is 6.58 Å². The predicted octanol–water partition coefficient (Wildman–Crippen LogP) is 2.15. The molecule has 0 saturated heterocycles. The molecule has 0 spiro atoms. The van der Waals surface area contributed by atoms with E-state index in [1.807, 2.05) is 30.3 Å². The second-order valence-electron chi connectivity index (χ2n) is 4.40. The summed E-state index contributed by atoms with van der Waals surface area (Å²) in [7, 11) is 1.64. The molecule has 102 valence electrons. The molecule has 0 aliphatic carbocycles. The summed E-state index contributed by atoms with van der Waals surface area (Å²) in [5.41, 5.74) is 1.40. The molecular weight excluding hydrogens is 242 g/mol. The van der Waals surface area contributed by atoms with Crippen LogP contribution in [0.25, 0.3) is 0 Å². The van der Waals surface area contributed by atoms with Crippen molar-refractivity contribution >= 4 is 11.9 Å². The lowest BCUT2D eigenvalue weighted by molar-refractivity contribution is -0.145. The zero-order valence-corrected chi connectivity index (χ0v) is 11.4. The van der Waals surface area contributed by atoms with Gasteiger partial charge in [-0.2, -0.15) is 0 Å². The van der Waals surface area contributed by atoms with E-state index < -0.39 is 0 Å². The Hall–Kier alpha value is -2.10. The van der Waals surface area contributed by atoms with E-state index in [0.717, 1.165) is 5.56 Å². The van der Waals surface area contributed by atoms with Crippen LogP contribution in [0.4, 0.5) is 0 Å². The van der Waals surface area contributed by atoms with Crippen LogP contribution in [0, 0.1) is 0 Å².